The Bertz CT molecular complexity index is 558. The zero-order chi connectivity index (χ0) is 15.0. The van der Waals surface area contributed by atoms with E-state index in [-0.39, 0.29) is 25.7 Å². The van der Waals surface area contributed by atoms with Gasteiger partial charge in [-0.1, -0.05) is 17.9 Å². The lowest BCUT2D eigenvalue weighted by molar-refractivity contribution is 0.0936. The number of ether oxygens (including phenoxy) is 1. The van der Waals surface area contributed by atoms with Gasteiger partial charge in [0.05, 0.1) is 6.54 Å². The summed E-state index contributed by atoms with van der Waals surface area (Å²) in [4.78, 5) is 22.3. The van der Waals surface area contributed by atoms with Crippen molar-refractivity contribution in [2.24, 2.45) is 5.73 Å². The summed E-state index contributed by atoms with van der Waals surface area (Å²) in [7, 11) is 0. The first-order valence-electron chi connectivity index (χ1n) is 5.95. The zero-order valence-electron chi connectivity index (χ0n) is 11.1. The van der Waals surface area contributed by atoms with E-state index in [4.69, 9.17) is 10.8 Å². The molecule has 0 heterocycles. The molecule has 106 valence electrons. The minimum atomic E-state index is -0.878. The molecular formula is C14H16N2O4. The van der Waals surface area contributed by atoms with Crippen molar-refractivity contribution in [2.75, 3.05) is 19.8 Å². The van der Waals surface area contributed by atoms with Crippen molar-refractivity contribution in [1.82, 2.24) is 5.32 Å². The molecular weight excluding hydrogens is 260 g/mol. The molecule has 0 aromatic heterocycles. The van der Waals surface area contributed by atoms with Crippen molar-refractivity contribution < 1.29 is 19.4 Å². The molecule has 0 saturated heterocycles. The van der Waals surface area contributed by atoms with Crippen molar-refractivity contribution in [1.29, 1.82) is 0 Å². The molecule has 2 amide bonds. The van der Waals surface area contributed by atoms with Gasteiger partial charge in [0.25, 0.3) is 5.91 Å². The van der Waals surface area contributed by atoms with E-state index in [9.17, 15) is 9.59 Å². The van der Waals surface area contributed by atoms with Crippen LogP contribution in [-0.2, 0) is 4.74 Å². The van der Waals surface area contributed by atoms with Gasteiger partial charge in [-0.25, -0.2) is 4.79 Å². The van der Waals surface area contributed by atoms with E-state index in [0.29, 0.717) is 11.1 Å². The van der Waals surface area contributed by atoms with Crippen molar-refractivity contribution >= 4 is 12.0 Å². The summed E-state index contributed by atoms with van der Waals surface area (Å²) in [6.45, 7) is 1.76. The lowest BCUT2D eigenvalue weighted by Crippen LogP contribution is -2.29. The lowest BCUT2D eigenvalue weighted by atomic mass is 10.0. The molecule has 20 heavy (non-hydrogen) atoms. The molecule has 1 rings (SSSR count). The van der Waals surface area contributed by atoms with E-state index in [1.165, 1.54) is 0 Å². The topological polar surface area (TPSA) is 102 Å². The van der Waals surface area contributed by atoms with Crippen LogP contribution in [0.25, 0.3) is 0 Å². The van der Waals surface area contributed by atoms with Crippen LogP contribution in [-0.4, -0.2) is 36.9 Å². The molecule has 0 spiro atoms. The zero-order valence-corrected chi connectivity index (χ0v) is 11.1. The molecule has 0 saturated carbocycles. The van der Waals surface area contributed by atoms with E-state index >= 15 is 0 Å². The Balaban J connectivity index is 2.69. The smallest absolute Gasteiger partial charge is 0.404 e. The van der Waals surface area contributed by atoms with Crippen LogP contribution in [0.4, 0.5) is 4.79 Å². The largest absolute Gasteiger partial charge is 0.448 e. The summed E-state index contributed by atoms with van der Waals surface area (Å²) in [6, 6.07) is 5.18. The number of carbonyl (C=O) groups excluding carboxylic acids is 2. The Labute approximate surface area is 116 Å². The monoisotopic (exact) mass is 276 g/mol. The fourth-order valence-electron chi connectivity index (χ4n) is 1.50. The van der Waals surface area contributed by atoms with Gasteiger partial charge in [-0.15, -0.1) is 0 Å². The summed E-state index contributed by atoms with van der Waals surface area (Å²) >= 11 is 0. The van der Waals surface area contributed by atoms with Gasteiger partial charge in [0.1, 0.15) is 13.2 Å². The van der Waals surface area contributed by atoms with Crippen molar-refractivity contribution in [3.8, 4) is 11.8 Å². The predicted molar refractivity (Wildman–Crippen MR) is 73.0 cm³/mol. The second-order valence-corrected chi connectivity index (χ2v) is 3.91. The van der Waals surface area contributed by atoms with Crippen molar-refractivity contribution in [3.63, 3.8) is 0 Å². The average molecular weight is 276 g/mol. The van der Waals surface area contributed by atoms with Gasteiger partial charge >= 0.3 is 6.09 Å². The molecule has 0 unspecified atom stereocenters. The van der Waals surface area contributed by atoms with Gasteiger partial charge in [0, 0.05) is 11.1 Å². The standard InChI is InChI=1S/C14H16N2O4/c1-10-4-5-11(3-2-7-17)9-12(10)13(18)16-6-8-20-14(15)19/h4-5,9,17H,6-8H2,1H3,(H2,15,19)(H,16,18). The number of aliphatic hydroxyl groups is 1. The quantitative estimate of drug-likeness (QED) is 0.538. The number of benzene rings is 1. The molecule has 0 aliphatic heterocycles. The maximum absolute atomic E-state index is 12.0. The number of rotatable bonds is 4. The highest BCUT2D eigenvalue weighted by atomic mass is 16.5. The highest BCUT2D eigenvalue weighted by Gasteiger charge is 2.09. The Morgan fingerprint density at radius 2 is 2.20 bits per heavy atom. The third kappa shape index (κ3) is 5.00. The first-order valence-corrected chi connectivity index (χ1v) is 5.95. The fourth-order valence-corrected chi connectivity index (χ4v) is 1.50. The number of carbonyl (C=O) groups is 2. The molecule has 0 fully saturated rings. The first kappa shape index (κ1) is 15.5. The van der Waals surface area contributed by atoms with Gasteiger partial charge in [-0.3, -0.25) is 4.79 Å². The van der Waals surface area contributed by atoms with Crippen LogP contribution in [0.5, 0.6) is 0 Å². The van der Waals surface area contributed by atoms with Crippen LogP contribution in [0.2, 0.25) is 0 Å². The Morgan fingerprint density at radius 3 is 2.85 bits per heavy atom. The van der Waals surface area contributed by atoms with E-state index < -0.39 is 6.09 Å². The van der Waals surface area contributed by atoms with Crippen LogP contribution >= 0.6 is 0 Å². The third-order valence-electron chi connectivity index (χ3n) is 2.43. The maximum atomic E-state index is 12.0. The molecule has 0 aliphatic carbocycles. The molecule has 6 nitrogen and oxygen atoms in total. The van der Waals surface area contributed by atoms with E-state index in [0.717, 1.165) is 5.56 Å². The number of nitrogens with one attached hydrogen (secondary N) is 1. The Morgan fingerprint density at radius 1 is 1.45 bits per heavy atom. The minimum absolute atomic E-state index is 0.0180. The number of aryl methyl sites for hydroxylation is 1. The van der Waals surface area contributed by atoms with Crippen LogP contribution < -0.4 is 11.1 Å². The molecule has 6 heteroatoms. The minimum Gasteiger partial charge on any atom is -0.448 e. The number of nitrogens with two attached hydrogens (primary N) is 1. The maximum Gasteiger partial charge on any atom is 0.404 e. The molecule has 0 radical (unpaired) electrons. The van der Waals surface area contributed by atoms with Crippen LogP contribution in [0.1, 0.15) is 21.5 Å². The summed E-state index contributed by atoms with van der Waals surface area (Å²) in [6.07, 6.45) is -0.878. The van der Waals surface area contributed by atoms with Gasteiger partial charge in [-0.05, 0) is 24.6 Å². The van der Waals surface area contributed by atoms with Gasteiger partial charge < -0.3 is 20.9 Å². The number of primary amides is 1. The van der Waals surface area contributed by atoms with Crippen LogP contribution in [0.15, 0.2) is 18.2 Å². The molecule has 0 aliphatic rings. The highest BCUT2D eigenvalue weighted by Crippen LogP contribution is 2.10. The second kappa shape index (κ2) is 7.81. The molecule has 0 atom stereocenters. The summed E-state index contributed by atoms with van der Waals surface area (Å²) in [5, 5.41) is 11.3. The summed E-state index contributed by atoms with van der Waals surface area (Å²) in [5.74, 6) is 4.96. The fraction of sp³-hybridized carbons (Fsp3) is 0.286. The molecule has 0 bridgehead atoms. The van der Waals surface area contributed by atoms with Crippen LogP contribution in [0, 0.1) is 18.8 Å². The van der Waals surface area contributed by atoms with Gasteiger partial charge in [-0.2, -0.15) is 0 Å². The van der Waals surface area contributed by atoms with Crippen molar-refractivity contribution in [3.05, 3.63) is 34.9 Å². The van der Waals surface area contributed by atoms with Gasteiger partial charge in [0.15, 0.2) is 0 Å². The van der Waals surface area contributed by atoms with E-state index in [2.05, 4.69) is 21.9 Å². The molecule has 1 aromatic carbocycles. The predicted octanol–water partition coefficient (Wildman–Crippen LogP) is 0.164. The Hall–Kier alpha value is -2.52. The second-order valence-electron chi connectivity index (χ2n) is 3.91. The normalized spacial score (nSPS) is 9.30. The Kier molecular flexibility index (Phi) is 6.07. The molecule has 1 aromatic rings. The lowest BCUT2D eigenvalue weighted by Gasteiger charge is -2.08. The number of hydrogen-bond donors (Lipinski definition) is 3. The SMILES string of the molecule is Cc1ccc(C#CCO)cc1C(=O)NCCOC(N)=O. The van der Waals surface area contributed by atoms with E-state index in [1.54, 1.807) is 25.1 Å². The number of amides is 2. The molecule has 4 N–H and O–H groups in total. The van der Waals surface area contributed by atoms with Gasteiger partial charge in [0.2, 0.25) is 0 Å². The highest BCUT2D eigenvalue weighted by molar-refractivity contribution is 5.96. The van der Waals surface area contributed by atoms with Crippen molar-refractivity contribution in [2.45, 2.75) is 6.92 Å². The van der Waals surface area contributed by atoms with E-state index in [1.807, 2.05) is 0 Å². The van der Waals surface area contributed by atoms with Crippen LogP contribution in [0.3, 0.4) is 0 Å². The first-order chi connectivity index (χ1) is 9.54. The third-order valence-corrected chi connectivity index (χ3v) is 2.43. The average Bonchev–Trinajstić information content (AvgIpc) is 2.42. The number of aliphatic hydroxyl groups excluding tert-OH is 1. The summed E-state index contributed by atoms with van der Waals surface area (Å²) < 4.78 is 4.51. The summed E-state index contributed by atoms with van der Waals surface area (Å²) in [5.41, 5.74) is 6.72. The number of hydrogen-bond acceptors (Lipinski definition) is 4.